The maximum atomic E-state index is 4.25. The third kappa shape index (κ3) is 5.13. The monoisotopic (exact) mass is 251 g/mol. The molecule has 17 heavy (non-hydrogen) atoms. The van der Waals surface area contributed by atoms with Gasteiger partial charge in [0.15, 0.2) is 0 Å². The van der Waals surface area contributed by atoms with E-state index >= 15 is 0 Å². The highest BCUT2D eigenvalue weighted by atomic mass is 32.1. The van der Waals surface area contributed by atoms with E-state index in [9.17, 15) is 0 Å². The van der Waals surface area contributed by atoms with Crippen molar-refractivity contribution in [3.63, 3.8) is 0 Å². The van der Waals surface area contributed by atoms with Gasteiger partial charge in [0.05, 0.1) is 0 Å². The Kier molecular flexibility index (Phi) is 6.68. The predicted octanol–water partition coefficient (Wildman–Crippen LogP) is 3.60. The Bertz CT molecular complexity index is 307. The van der Waals surface area contributed by atoms with E-state index in [-0.39, 0.29) is 0 Å². The second kappa shape index (κ2) is 7.78. The zero-order valence-electron chi connectivity index (χ0n) is 11.3. The highest BCUT2D eigenvalue weighted by Gasteiger charge is 2.03. The zero-order chi connectivity index (χ0) is 12.7. The Balaban J connectivity index is 2.45. The van der Waals surface area contributed by atoms with Crippen LogP contribution in [0.25, 0.3) is 0 Å². The van der Waals surface area contributed by atoms with Gasteiger partial charge in [0.25, 0.3) is 0 Å². The molecule has 0 aliphatic heterocycles. The van der Waals surface area contributed by atoms with Crippen LogP contribution in [0.1, 0.15) is 37.3 Å². The Morgan fingerprint density at radius 2 is 1.82 bits per heavy atom. The van der Waals surface area contributed by atoms with Crippen LogP contribution in [0, 0.1) is 0 Å². The molecule has 1 unspecified atom stereocenters. The molecule has 0 radical (unpaired) electrons. The summed E-state index contributed by atoms with van der Waals surface area (Å²) in [7, 11) is 2.16. The topological polar surface area (TPSA) is 3.24 Å². The van der Waals surface area contributed by atoms with Crippen LogP contribution in [0.3, 0.4) is 0 Å². The summed E-state index contributed by atoms with van der Waals surface area (Å²) in [6, 6.07) is 9.11. The third-order valence-corrected chi connectivity index (χ3v) is 3.63. The molecular weight excluding hydrogens is 226 g/mol. The van der Waals surface area contributed by atoms with Crippen LogP contribution in [0.5, 0.6) is 0 Å². The van der Waals surface area contributed by atoms with Crippen molar-refractivity contribution in [2.75, 3.05) is 25.9 Å². The van der Waals surface area contributed by atoms with Gasteiger partial charge in [0, 0.05) is 18.8 Å². The fraction of sp³-hybridized carbons (Fsp3) is 0.600. The molecule has 1 rings (SSSR count). The highest BCUT2D eigenvalue weighted by molar-refractivity contribution is 7.80. The molecule has 2 heteroatoms. The number of rotatable bonds is 7. The van der Waals surface area contributed by atoms with Gasteiger partial charge in [-0.2, -0.15) is 12.6 Å². The first-order valence-corrected chi connectivity index (χ1v) is 7.18. The van der Waals surface area contributed by atoms with Crippen LogP contribution >= 0.6 is 12.6 Å². The van der Waals surface area contributed by atoms with E-state index in [2.05, 4.69) is 62.7 Å². The van der Waals surface area contributed by atoms with Crippen molar-refractivity contribution in [1.29, 1.82) is 0 Å². The van der Waals surface area contributed by atoms with Crippen LogP contribution in [-0.2, 0) is 6.42 Å². The average molecular weight is 251 g/mol. The molecule has 0 aromatic heterocycles. The smallest absolute Gasteiger partial charge is 0.00669 e. The predicted molar refractivity (Wildman–Crippen MR) is 80.2 cm³/mol. The Morgan fingerprint density at radius 1 is 1.18 bits per heavy atom. The van der Waals surface area contributed by atoms with Crippen molar-refractivity contribution in [2.24, 2.45) is 0 Å². The summed E-state index contributed by atoms with van der Waals surface area (Å²) >= 11 is 4.25. The molecule has 0 saturated carbocycles. The Labute approximate surface area is 112 Å². The average Bonchev–Trinajstić information content (AvgIpc) is 2.36. The number of thiol groups is 1. The van der Waals surface area contributed by atoms with Gasteiger partial charge in [-0.25, -0.2) is 0 Å². The van der Waals surface area contributed by atoms with Gasteiger partial charge in [-0.3, -0.25) is 0 Å². The standard InChI is InChI=1S/C15H25NS/c1-4-13(2)15-7-5-14(6-8-15)9-10-16(3)11-12-17/h5-8,13,17H,4,9-12H2,1-3H3. The van der Waals surface area contributed by atoms with Crippen LogP contribution in [-0.4, -0.2) is 30.8 Å². The summed E-state index contributed by atoms with van der Waals surface area (Å²) in [4.78, 5) is 2.33. The van der Waals surface area contributed by atoms with Crippen LogP contribution < -0.4 is 0 Å². The molecule has 0 saturated heterocycles. The molecule has 0 amide bonds. The van der Waals surface area contributed by atoms with E-state index in [4.69, 9.17) is 0 Å². The molecule has 0 aliphatic rings. The summed E-state index contributed by atoms with van der Waals surface area (Å²) in [6.07, 6.45) is 2.34. The van der Waals surface area contributed by atoms with E-state index in [1.165, 1.54) is 17.5 Å². The number of hydrogen-bond acceptors (Lipinski definition) is 2. The first kappa shape index (κ1) is 14.6. The van der Waals surface area contributed by atoms with Crippen molar-refractivity contribution >= 4 is 12.6 Å². The molecule has 1 atom stereocenters. The van der Waals surface area contributed by atoms with E-state index in [1.807, 2.05) is 0 Å². The lowest BCUT2D eigenvalue weighted by atomic mass is 9.97. The van der Waals surface area contributed by atoms with Crippen LogP contribution in [0.15, 0.2) is 24.3 Å². The number of nitrogens with zero attached hydrogens (tertiary/aromatic N) is 1. The maximum Gasteiger partial charge on any atom is 0.00669 e. The Hall–Kier alpha value is -0.470. The number of likely N-dealkylation sites (N-methyl/N-ethyl adjacent to an activating group) is 1. The molecular formula is C15H25NS. The first-order valence-electron chi connectivity index (χ1n) is 6.55. The van der Waals surface area contributed by atoms with E-state index in [0.29, 0.717) is 5.92 Å². The quantitative estimate of drug-likeness (QED) is 0.725. The lowest BCUT2D eigenvalue weighted by Crippen LogP contribution is -2.23. The zero-order valence-corrected chi connectivity index (χ0v) is 12.2. The van der Waals surface area contributed by atoms with Gasteiger partial charge in [-0.05, 0) is 36.9 Å². The first-order chi connectivity index (χ1) is 8.17. The molecule has 0 bridgehead atoms. The molecule has 1 nitrogen and oxygen atoms in total. The van der Waals surface area contributed by atoms with E-state index < -0.39 is 0 Å². The van der Waals surface area contributed by atoms with Crippen LogP contribution in [0.2, 0.25) is 0 Å². The summed E-state index contributed by atoms with van der Waals surface area (Å²) in [5.41, 5.74) is 2.89. The van der Waals surface area contributed by atoms with Crippen molar-refractivity contribution < 1.29 is 0 Å². The van der Waals surface area contributed by atoms with Crippen molar-refractivity contribution in [2.45, 2.75) is 32.6 Å². The van der Waals surface area contributed by atoms with Gasteiger partial charge in [0.2, 0.25) is 0 Å². The normalized spacial score (nSPS) is 13.0. The van der Waals surface area contributed by atoms with Gasteiger partial charge < -0.3 is 4.90 Å². The molecule has 0 aliphatic carbocycles. The van der Waals surface area contributed by atoms with Crippen molar-refractivity contribution in [3.05, 3.63) is 35.4 Å². The fourth-order valence-electron chi connectivity index (χ4n) is 1.85. The van der Waals surface area contributed by atoms with Crippen molar-refractivity contribution in [1.82, 2.24) is 4.90 Å². The lowest BCUT2D eigenvalue weighted by molar-refractivity contribution is 0.361. The second-order valence-electron chi connectivity index (χ2n) is 4.83. The minimum atomic E-state index is 0.677. The fourth-order valence-corrected chi connectivity index (χ4v) is 2.19. The second-order valence-corrected chi connectivity index (χ2v) is 5.27. The molecule has 0 N–H and O–H groups in total. The largest absolute Gasteiger partial charge is 0.305 e. The molecule has 0 spiro atoms. The molecule has 1 aromatic carbocycles. The van der Waals surface area contributed by atoms with E-state index in [0.717, 1.165) is 25.3 Å². The SMILES string of the molecule is CCC(C)c1ccc(CCN(C)CCS)cc1. The molecule has 1 aromatic rings. The molecule has 96 valence electrons. The third-order valence-electron chi connectivity index (χ3n) is 3.43. The summed E-state index contributed by atoms with van der Waals surface area (Å²) in [5, 5.41) is 0. The molecule has 0 heterocycles. The van der Waals surface area contributed by atoms with Crippen LogP contribution in [0.4, 0.5) is 0 Å². The summed E-state index contributed by atoms with van der Waals surface area (Å²) in [6.45, 7) is 6.71. The minimum absolute atomic E-state index is 0.677. The molecule has 0 fully saturated rings. The van der Waals surface area contributed by atoms with Gasteiger partial charge in [-0.15, -0.1) is 0 Å². The summed E-state index contributed by atoms with van der Waals surface area (Å²) < 4.78 is 0. The maximum absolute atomic E-state index is 4.25. The minimum Gasteiger partial charge on any atom is -0.305 e. The Morgan fingerprint density at radius 3 is 2.35 bits per heavy atom. The summed E-state index contributed by atoms with van der Waals surface area (Å²) in [5.74, 6) is 1.61. The lowest BCUT2D eigenvalue weighted by Gasteiger charge is -2.15. The van der Waals surface area contributed by atoms with Gasteiger partial charge >= 0.3 is 0 Å². The number of hydrogen-bond donors (Lipinski definition) is 1. The van der Waals surface area contributed by atoms with Gasteiger partial charge in [0.1, 0.15) is 0 Å². The van der Waals surface area contributed by atoms with E-state index in [1.54, 1.807) is 0 Å². The number of benzene rings is 1. The van der Waals surface area contributed by atoms with Gasteiger partial charge in [-0.1, -0.05) is 38.1 Å². The van der Waals surface area contributed by atoms with Crippen molar-refractivity contribution in [3.8, 4) is 0 Å². The highest BCUT2D eigenvalue weighted by Crippen LogP contribution is 2.18.